The molecule has 0 radical (unpaired) electrons. The summed E-state index contributed by atoms with van der Waals surface area (Å²) in [6.07, 6.45) is 0. The van der Waals surface area contributed by atoms with Crippen LogP contribution in [0, 0.1) is 5.92 Å². The molecule has 0 heterocycles. The number of allylic oxidation sites excluding steroid dienone is 1. The molecule has 0 aliphatic carbocycles. The van der Waals surface area contributed by atoms with Gasteiger partial charge in [-0.1, -0.05) is 13.8 Å². The Morgan fingerprint density at radius 2 is 1.75 bits per heavy atom. The maximum atomic E-state index is 11.3. The summed E-state index contributed by atoms with van der Waals surface area (Å²) in [6, 6.07) is 0. The first-order valence-electron chi connectivity index (χ1n) is 3.83. The van der Waals surface area contributed by atoms with Crippen LogP contribution < -0.4 is 0 Å². The van der Waals surface area contributed by atoms with E-state index >= 15 is 0 Å². The minimum atomic E-state index is -1.03. The summed E-state index contributed by atoms with van der Waals surface area (Å²) in [4.78, 5) is 21.7. The SMILES string of the molecule is B/C(C(=O)O)=C(\C)C(=O)C(C)C. The monoisotopic (exact) mass is 168 g/mol. The van der Waals surface area contributed by atoms with Crippen molar-refractivity contribution >= 4 is 19.6 Å². The Balaban J connectivity index is 4.79. The Hall–Kier alpha value is -1.06. The first kappa shape index (κ1) is 10.9. The fourth-order valence-corrected chi connectivity index (χ4v) is 0.778. The van der Waals surface area contributed by atoms with Gasteiger partial charge in [0.15, 0.2) is 5.78 Å². The molecular formula is C8H13BO3. The smallest absolute Gasteiger partial charge is 0.322 e. The van der Waals surface area contributed by atoms with Crippen LogP contribution in [0.15, 0.2) is 11.0 Å². The van der Waals surface area contributed by atoms with E-state index < -0.39 is 5.97 Å². The molecular weight excluding hydrogens is 155 g/mol. The molecule has 0 saturated heterocycles. The average molecular weight is 168 g/mol. The fourth-order valence-electron chi connectivity index (χ4n) is 0.778. The largest absolute Gasteiger partial charge is 0.478 e. The van der Waals surface area contributed by atoms with Crippen LogP contribution in [-0.2, 0) is 9.59 Å². The molecule has 3 nitrogen and oxygen atoms in total. The normalized spacial score (nSPS) is 12.7. The second-order valence-electron chi connectivity index (χ2n) is 3.07. The van der Waals surface area contributed by atoms with Crippen molar-refractivity contribution in [3.8, 4) is 0 Å². The summed E-state index contributed by atoms with van der Waals surface area (Å²) in [5, 5.41) is 8.57. The quantitative estimate of drug-likeness (QED) is 0.483. The van der Waals surface area contributed by atoms with E-state index in [4.69, 9.17) is 5.11 Å². The second kappa shape index (κ2) is 4.09. The Labute approximate surface area is 72.9 Å². The number of carbonyl (C=O) groups is 2. The van der Waals surface area contributed by atoms with Gasteiger partial charge in [0.2, 0.25) is 0 Å². The van der Waals surface area contributed by atoms with Gasteiger partial charge in [0.25, 0.3) is 0 Å². The molecule has 0 rings (SSSR count). The topological polar surface area (TPSA) is 54.4 Å². The molecule has 0 saturated carbocycles. The summed E-state index contributed by atoms with van der Waals surface area (Å²) >= 11 is 0. The molecule has 0 aromatic heterocycles. The maximum absolute atomic E-state index is 11.3. The van der Waals surface area contributed by atoms with Crippen molar-refractivity contribution in [2.24, 2.45) is 5.92 Å². The van der Waals surface area contributed by atoms with Crippen LogP contribution >= 0.6 is 0 Å². The van der Waals surface area contributed by atoms with Crippen molar-refractivity contribution < 1.29 is 14.7 Å². The molecule has 0 unspecified atom stereocenters. The minimum absolute atomic E-state index is 0.102. The molecule has 0 spiro atoms. The molecule has 0 atom stereocenters. The summed E-state index contributed by atoms with van der Waals surface area (Å²) in [5.41, 5.74) is 0.478. The van der Waals surface area contributed by atoms with E-state index in [0.29, 0.717) is 5.57 Å². The molecule has 0 bridgehead atoms. The predicted molar refractivity (Wildman–Crippen MR) is 48.7 cm³/mol. The zero-order valence-electron chi connectivity index (χ0n) is 7.84. The standard InChI is InChI=1S/C8H13BO3/c1-4(2)7(10)5(3)6(9)8(11)12/h4H,9H2,1-3H3,(H,11,12)/b6-5+. The van der Waals surface area contributed by atoms with Gasteiger partial charge in [0, 0.05) is 11.4 Å². The average Bonchev–Trinajstić information content (AvgIpc) is 2.00. The first-order chi connectivity index (χ1) is 5.37. The number of ketones is 1. The van der Waals surface area contributed by atoms with Gasteiger partial charge in [0.05, 0.1) is 0 Å². The number of Topliss-reactive ketones (excluding diaryl/α,β-unsaturated/α-hetero) is 1. The molecule has 0 amide bonds. The Morgan fingerprint density at radius 1 is 1.33 bits per heavy atom. The van der Waals surface area contributed by atoms with Crippen molar-refractivity contribution in [3.63, 3.8) is 0 Å². The summed E-state index contributed by atoms with van der Waals surface area (Å²) < 4.78 is 0. The van der Waals surface area contributed by atoms with Gasteiger partial charge < -0.3 is 5.11 Å². The lowest BCUT2D eigenvalue weighted by atomic mass is 9.86. The molecule has 0 fully saturated rings. The highest BCUT2D eigenvalue weighted by atomic mass is 16.4. The minimum Gasteiger partial charge on any atom is -0.478 e. The van der Waals surface area contributed by atoms with Gasteiger partial charge in [-0.15, -0.1) is 0 Å². The van der Waals surface area contributed by atoms with E-state index in [1.165, 1.54) is 7.85 Å². The van der Waals surface area contributed by atoms with Crippen LogP contribution in [0.25, 0.3) is 0 Å². The fraction of sp³-hybridized carbons (Fsp3) is 0.500. The molecule has 0 aromatic carbocycles. The number of carbonyl (C=O) groups excluding carboxylic acids is 1. The number of aliphatic carboxylic acids is 1. The van der Waals surface area contributed by atoms with Gasteiger partial charge in [-0.2, -0.15) is 0 Å². The lowest BCUT2D eigenvalue weighted by Crippen LogP contribution is -2.14. The van der Waals surface area contributed by atoms with Crippen molar-refractivity contribution in [2.45, 2.75) is 20.8 Å². The van der Waals surface area contributed by atoms with E-state index in [9.17, 15) is 9.59 Å². The van der Waals surface area contributed by atoms with Gasteiger partial charge >= 0.3 is 5.97 Å². The van der Waals surface area contributed by atoms with Crippen LogP contribution in [0.4, 0.5) is 0 Å². The van der Waals surface area contributed by atoms with Crippen LogP contribution in [0.5, 0.6) is 0 Å². The van der Waals surface area contributed by atoms with E-state index in [2.05, 4.69) is 0 Å². The molecule has 0 aliphatic rings. The van der Waals surface area contributed by atoms with Crippen molar-refractivity contribution in [3.05, 3.63) is 11.0 Å². The third-order valence-corrected chi connectivity index (χ3v) is 1.78. The zero-order chi connectivity index (χ0) is 9.89. The molecule has 12 heavy (non-hydrogen) atoms. The highest BCUT2D eigenvalue weighted by molar-refractivity contribution is 6.37. The van der Waals surface area contributed by atoms with Gasteiger partial charge in [-0.3, -0.25) is 4.79 Å². The summed E-state index contributed by atoms with van der Waals surface area (Å²) in [5.74, 6) is -1.27. The summed E-state index contributed by atoms with van der Waals surface area (Å²) in [7, 11) is 1.44. The van der Waals surface area contributed by atoms with Gasteiger partial charge in [0.1, 0.15) is 7.85 Å². The molecule has 66 valence electrons. The molecule has 0 aliphatic heterocycles. The lowest BCUT2D eigenvalue weighted by molar-refractivity contribution is -0.132. The number of carboxylic acid groups (broad SMARTS) is 1. The van der Waals surface area contributed by atoms with Crippen LogP contribution in [0.2, 0.25) is 0 Å². The summed E-state index contributed by atoms with van der Waals surface area (Å²) in [6.45, 7) is 5.05. The van der Waals surface area contributed by atoms with Crippen molar-refractivity contribution in [1.29, 1.82) is 0 Å². The Kier molecular flexibility index (Phi) is 3.73. The third-order valence-electron chi connectivity index (χ3n) is 1.78. The van der Waals surface area contributed by atoms with Crippen LogP contribution in [-0.4, -0.2) is 24.7 Å². The number of hydrogen-bond donors (Lipinski definition) is 1. The number of carboxylic acids is 1. The highest BCUT2D eigenvalue weighted by Gasteiger charge is 2.14. The van der Waals surface area contributed by atoms with E-state index in [1.54, 1.807) is 20.8 Å². The van der Waals surface area contributed by atoms with Crippen molar-refractivity contribution in [1.82, 2.24) is 0 Å². The Morgan fingerprint density at radius 3 is 2.00 bits per heavy atom. The van der Waals surface area contributed by atoms with Gasteiger partial charge in [-0.05, 0) is 12.5 Å². The van der Waals surface area contributed by atoms with Crippen molar-refractivity contribution in [2.75, 3.05) is 0 Å². The number of hydrogen-bond acceptors (Lipinski definition) is 2. The molecule has 1 N–H and O–H groups in total. The van der Waals surface area contributed by atoms with E-state index in [-0.39, 0.29) is 17.2 Å². The zero-order valence-corrected chi connectivity index (χ0v) is 7.84. The highest BCUT2D eigenvalue weighted by Crippen LogP contribution is 2.08. The lowest BCUT2D eigenvalue weighted by Gasteiger charge is -2.05. The van der Waals surface area contributed by atoms with Crippen LogP contribution in [0.3, 0.4) is 0 Å². The second-order valence-corrected chi connectivity index (χ2v) is 3.07. The Bertz CT molecular complexity index is 241. The maximum Gasteiger partial charge on any atom is 0.322 e. The number of rotatable bonds is 3. The van der Waals surface area contributed by atoms with E-state index in [1.807, 2.05) is 0 Å². The van der Waals surface area contributed by atoms with E-state index in [0.717, 1.165) is 0 Å². The van der Waals surface area contributed by atoms with Gasteiger partial charge in [-0.25, -0.2) is 4.79 Å². The predicted octanol–water partition coefficient (Wildman–Crippen LogP) is 0.203. The molecule has 4 heteroatoms. The third kappa shape index (κ3) is 2.53. The van der Waals surface area contributed by atoms with Crippen LogP contribution in [0.1, 0.15) is 20.8 Å². The first-order valence-corrected chi connectivity index (χ1v) is 3.83. The molecule has 0 aromatic rings.